The molecule has 0 saturated carbocycles. The Morgan fingerprint density at radius 2 is 2.12 bits per heavy atom. The zero-order valence-electron chi connectivity index (χ0n) is 17.8. The summed E-state index contributed by atoms with van der Waals surface area (Å²) in [5.41, 5.74) is 0.0456. The number of methoxy groups -OCH3 is 1. The first-order chi connectivity index (χ1) is 15.5. The van der Waals surface area contributed by atoms with Crippen LogP contribution in [0.3, 0.4) is 0 Å². The predicted octanol–water partition coefficient (Wildman–Crippen LogP) is 1.91. The molecule has 1 aliphatic rings. The lowest BCUT2D eigenvalue weighted by Crippen LogP contribution is -2.36. The van der Waals surface area contributed by atoms with E-state index in [-0.39, 0.29) is 17.9 Å². The fourth-order valence-corrected chi connectivity index (χ4v) is 4.66. The number of nitrogens with zero attached hydrogens (tertiary/aromatic N) is 4. The summed E-state index contributed by atoms with van der Waals surface area (Å²) in [5.74, 6) is 1.09. The number of anilines is 1. The molecule has 11 heteroatoms. The second-order valence-corrected chi connectivity index (χ2v) is 9.07. The van der Waals surface area contributed by atoms with E-state index in [0.29, 0.717) is 53.3 Å². The van der Waals surface area contributed by atoms with Crippen LogP contribution in [-0.4, -0.2) is 61.7 Å². The van der Waals surface area contributed by atoms with Crippen LogP contribution in [0.2, 0.25) is 0 Å². The van der Waals surface area contributed by atoms with Gasteiger partial charge >= 0.3 is 0 Å². The van der Waals surface area contributed by atoms with Gasteiger partial charge in [-0.15, -0.1) is 0 Å². The lowest BCUT2D eigenvalue weighted by molar-refractivity contribution is 0.0961. The number of pyridine rings is 1. The van der Waals surface area contributed by atoms with Crippen LogP contribution in [0.15, 0.2) is 35.4 Å². The number of H-pyrrole nitrogens is 1. The summed E-state index contributed by atoms with van der Waals surface area (Å²) in [6, 6.07) is 5.05. The third-order valence-electron chi connectivity index (χ3n) is 5.84. The second-order valence-electron chi connectivity index (χ2n) is 7.88. The molecule has 3 aromatic rings. The van der Waals surface area contributed by atoms with Crippen molar-refractivity contribution in [3.8, 4) is 5.88 Å². The molecule has 0 spiro atoms. The van der Waals surface area contributed by atoms with Crippen molar-refractivity contribution in [1.82, 2.24) is 19.7 Å². The largest absolute Gasteiger partial charge is 0.481 e. The summed E-state index contributed by atoms with van der Waals surface area (Å²) < 4.78 is 6.50. The summed E-state index contributed by atoms with van der Waals surface area (Å²) in [7, 11) is -0.339. The molecule has 4 heterocycles. The minimum Gasteiger partial charge on any atom is -0.481 e. The molecule has 1 aliphatic heterocycles. The van der Waals surface area contributed by atoms with Gasteiger partial charge in [0, 0.05) is 36.9 Å². The summed E-state index contributed by atoms with van der Waals surface area (Å²) in [4.78, 5) is 53.6. The first kappa shape index (κ1) is 22.4. The van der Waals surface area contributed by atoms with Gasteiger partial charge in [-0.1, -0.05) is 0 Å². The van der Waals surface area contributed by atoms with Crippen molar-refractivity contribution in [3.63, 3.8) is 0 Å². The van der Waals surface area contributed by atoms with Gasteiger partial charge in [0.25, 0.3) is 5.56 Å². The summed E-state index contributed by atoms with van der Waals surface area (Å²) in [5, 5.41) is 5.21. The van der Waals surface area contributed by atoms with Crippen molar-refractivity contribution >= 4 is 30.7 Å². The number of aromatic nitrogens is 4. The summed E-state index contributed by atoms with van der Waals surface area (Å²) in [6.07, 6.45) is 6.15. The van der Waals surface area contributed by atoms with Crippen LogP contribution in [0.1, 0.15) is 29.8 Å². The standard InChI is InChI=1S/C21H26N5O5P/c1-31-18-11-15-12-23-26(13-17(27)16-3-2-7-22-16)21(28)19(15)20(24-18)25-8-4-14(5-9-25)6-10-32(29)30/h2-3,7,11-12,14,22,29-30H,4-6,8-10,13H2,1H3. The number of rotatable bonds is 8. The first-order valence-corrected chi connectivity index (χ1v) is 11.9. The molecule has 0 unspecified atom stereocenters. The van der Waals surface area contributed by atoms with Crippen LogP contribution < -0.4 is 15.2 Å². The number of ketones is 1. The molecule has 32 heavy (non-hydrogen) atoms. The van der Waals surface area contributed by atoms with Crippen LogP contribution >= 0.6 is 8.38 Å². The first-order valence-electron chi connectivity index (χ1n) is 10.5. The Bertz CT molecular complexity index is 1140. The number of nitrogens with one attached hydrogen (secondary N) is 1. The van der Waals surface area contributed by atoms with Crippen molar-refractivity contribution in [1.29, 1.82) is 0 Å². The lowest BCUT2D eigenvalue weighted by Gasteiger charge is -2.33. The Morgan fingerprint density at radius 1 is 1.34 bits per heavy atom. The highest BCUT2D eigenvalue weighted by Gasteiger charge is 2.25. The topological polar surface area (TPSA) is 134 Å². The van der Waals surface area contributed by atoms with Crippen molar-refractivity contribution in [2.24, 2.45) is 5.92 Å². The van der Waals surface area contributed by atoms with Crippen molar-refractivity contribution < 1.29 is 19.3 Å². The number of ether oxygens (including phenoxy) is 1. The van der Waals surface area contributed by atoms with Gasteiger partial charge in [0.15, 0.2) is 8.38 Å². The Labute approximate surface area is 185 Å². The van der Waals surface area contributed by atoms with Gasteiger partial charge in [0.1, 0.15) is 12.4 Å². The maximum atomic E-state index is 13.3. The second kappa shape index (κ2) is 9.77. The van der Waals surface area contributed by atoms with E-state index in [1.165, 1.54) is 11.8 Å². The number of piperidine rings is 1. The highest BCUT2D eigenvalue weighted by molar-refractivity contribution is 7.45. The van der Waals surface area contributed by atoms with Gasteiger partial charge in [0.2, 0.25) is 11.7 Å². The van der Waals surface area contributed by atoms with Gasteiger partial charge in [0.05, 0.1) is 24.4 Å². The van der Waals surface area contributed by atoms with E-state index >= 15 is 0 Å². The van der Waals surface area contributed by atoms with E-state index in [0.717, 1.165) is 19.3 Å². The minimum atomic E-state index is -1.86. The van der Waals surface area contributed by atoms with Gasteiger partial charge < -0.3 is 24.4 Å². The number of Topliss-reactive ketones (excluding diaryl/α,β-unsaturated/α-hetero) is 1. The monoisotopic (exact) mass is 459 g/mol. The molecule has 0 atom stereocenters. The molecule has 3 aromatic heterocycles. The quantitative estimate of drug-likeness (QED) is 0.344. The van der Waals surface area contributed by atoms with Gasteiger partial charge in [-0.2, -0.15) is 10.1 Å². The number of hydrogen-bond acceptors (Lipinski definition) is 8. The van der Waals surface area contributed by atoms with Crippen LogP contribution in [0.4, 0.5) is 5.82 Å². The molecule has 0 bridgehead atoms. The van der Waals surface area contributed by atoms with Crippen LogP contribution in [0.25, 0.3) is 10.8 Å². The fraction of sp³-hybridized carbons (Fsp3) is 0.429. The zero-order valence-corrected chi connectivity index (χ0v) is 18.7. The summed E-state index contributed by atoms with van der Waals surface area (Å²) >= 11 is 0. The normalized spacial score (nSPS) is 14.9. The molecule has 1 saturated heterocycles. The Balaban J connectivity index is 1.64. The Hall–Kier alpha value is -2.81. The van der Waals surface area contributed by atoms with Crippen LogP contribution in [0, 0.1) is 5.92 Å². The average molecular weight is 459 g/mol. The molecule has 0 aromatic carbocycles. The third-order valence-corrected chi connectivity index (χ3v) is 6.50. The SMILES string of the molecule is COc1cc2cnn(CC(=O)c3ccc[nH]3)c(=O)c2c(N2CCC(CCP(O)O)CC2)n1. The number of hydrogen-bond donors (Lipinski definition) is 3. The van der Waals surface area contributed by atoms with E-state index in [1.54, 1.807) is 30.6 Å². The van der Waals surface area contributed by atoms with Gasteiger partial charge in [-0.3, -0.25) is 9.59 Å². The van der Waals surface area contributed by atoms with Gasteiger partial charge in [-0.25, -0.2) is 4.68 Å². The molecule has 0 amide bonds. The molecule has 170 valence electrons. The average Bonchev–Trinajstić information content (AvgIpc) is 3.34. The molecule has 0 radical (unpaired) electrons. The number of carbonyl (C=O) groups excluding carboxylic acids is 1. The number of fused-ring (bicyclic) bond motifs is 1. The highest BCUT2D eigenvalue weighted by Crippen LogP contribution is 2.33. The summed E-state index contributed by atoms with van der Waals surface area (Å²) in [6.45, 7) is 1.21. The maximum absolute atomic E-state index is 13.3. The molecule has 0 aliphatic carbocycles. The molecule has 4 rings (SSSR count). The van der Waals surface area contributed by atoms with Crippen molar-refractivity contribution in [2.45, 2.75) is 25.8 Å². The molecular weight excluding hydrogens is 433 g/mol. The van der Waals surface area contributed by atoms with E-state index in [9.17, 15) is 19.4 Å². The van der Waals surface area contributed by atoms with E-state index in [2.05, 4.69) is 20.0 Å². The molecule has 1 fully saturated rings. The van der Waals surface area contributed by atoms with Gasteiger partial charge in [-0.05, 0) is 37.3 Å². The fourth-order valence-electron chi connectivity index (χ4n) is 4.06. The molecule has 10 nitrogen and oxygen atoms in total. The third kappa shape index (κ3) is 4.82. The predicted molar refractivity (Wildman–Crippen MR) is 121 cm³/mol. The van der Waals surface area contributed by atoms with E-state index < -0.39 is 8.38 Å². The molecule has 3 N–H and O–H groups in total. The van der Waals surface area contributed by atoms with Crippen LogP contribution in [0.5, 0.6) is 5.88 Å². The molecular formula is C21H26N5O5P. The van der Waals surface area contributed by atoms with E-state index in [1.807, 2.05) is 0 Å². The highest BCUT2D eigenvalue weighted by atomic mass is 31.2. The lowest BCUT2D eigenvalue weighted by atomic mass is 9.94. The number of carbonyl (C=O) groups is 1. The zero-order chi connectivity index (χ0) is 22.7. The van der Waals surface area contributed by atoms with Crippen molar-refractivity contribution in [3.05, 3.63) is 46.6 Å². The van der Waals surface area contributed by atoms with Crippen molar-refractivity contribution in [2.75, 3.05) is 31.3 Å². The van der Waals surface area contributed by atoms with E-state index in [4.69, 9.17) is 4.74 Å². The minimum absolute atomic E-state index is 0.172. The van der Waals surface area contributed by atoms with Crippen LogP contribution in [-0.2, 0) is 6.54 Å². The Kier molecular flexibility index (Phi) is 6.83. The Morgan fingerprint density at radius 3 is 2.78 bits per heavy atom. The maximum Gasteiger partial charge on any atom is 0.278 e. The number of aromatic amines is 1. The smallest absolute Gasteiger partial charge is 0.278 e.